The lowest BCUT2D eigenvalue weighted by Gasteiger charge is -2.46. The standard InChI is InChI=1S/C38H40Cl2N6O5/c1-4-18-44(37(49)41-21-26-14-17-31(39)32(40)19-26)45-24-35(47)46-33(20-25-12-15-29(16-13-25)51-38(50)42(2)3)36(48)43(23-34(45)46)22-28-10-7-9-27-8-5-6-11-30(27)28/h5-17,19,33-34H,4,18,20-24H2,1-3H3,(H,41,49)/t33-,34+/m0/s1. The highest BCUT2D eigenvalue weighted by Gasteiger charge is 2.52. The molecule has 0 radical (unpaired) electrons. The number of nitrogens with zero attached hydrogens (tertiary/aromatic N) is 5. The summed E-state index contributed by atoms with van der Waals surface area (Å²) in [6.45, 7) is 3.02. The molecule has 2 fully saturated rings. The van der Waals surface area contributed by atoms with E-state index in [0.717, 1.165) is 27.5 Å². The summed E-state index contributed by atoms with van der Waals surface area (Å²) in [6, 6.07) is 25.0. The number of carbonyl (C=O) groups is 4. The summed E-state index contributed by atoms with van der Waals surface area (Å²) < 4.78 is 5.38. The lowest BCUT2D eigenvalue weighted by molar-refractivity contribution is -0.157. The van der Waals surface area contributed by atoms with Crippen molar-refractivity contribution < 1.29 is 23.9 Å². The average molecular weight is 732 g/mol. The van der Waals surface area contributed by atoms with E-state index in [2.05, 4.69) is 5.32 Å². The molecule has 0 spiro atoms. The normalized spacial score (nSPS) is 17.4. The molecule has 0 saturated carbocycles. The summed E-state index contributed by atoms with van der Waals surface area (Å²) in [5.74, 6) is -0.0462. The fraction of sp³-hybridized carbons (Fsp3) is 0.316. The monoisotopic (exact) mass is 730 g/mol. The van der Waals surface area contributed by atoms with Gasteiger partial charge in [0.25, 0.3) is 0 Å². The van der Waals surface area contributed by atoms with Crippen molar-refractivity contribution in [2.24, 2.45) is 0 Å². The molecule has 2 saturated heterocycles. The number of halogens is 2. The Morgan fingerprint density at radius 3 is 2.37 bits per heavy atom. The summed E-state index contributed by atoms with van der Waals surface area (Å²) in [7, 11) is 3.20. The zero-order valence-electron chi connectivity index (χ0n) is 28.7. The highest BCUT2D eigenvalue weighted by Crippen LogP contribution is 2.32. The Hall–Kier alpha value is -4.84. The molecule has 4 aromatic rings. The van der Waals surface area contributed by atoms with E-state index in [9.17, 15) is 19.2 Å². The summed E-state index contributed by atoms with van der Waals surface area (Å²) in [5.41, 5.74) is 2.56. The van der Waals surface area contributed by atoms with Gasteiger partial charge in [0.05, 0.1) is 23.1 Å². The highest BCUT2D eigenvalue weighted by atomic mass is 35.5. The van der Waals surface area contributed by atoms with Crippen molar-refractivity contribution >= 4 is 57.9 Å². The number of fused-ring (bicyclic) bond motifs is 2. The van der Waals surface area contributed by atoms with E-state index in [1.165, 1.54) is 4.90 Å². The predicted octanol–water partition coefficient (Wildman–Crippen LogP) is 6.17. The van der Waals surface area contributed by atoms with Crippen LogP contribution in [0.15, 0.2) is 84.9 Å². The minimum atomic E-state index is -0.825. The van der Waals surface area contributed by atoms with E-state index in [1.54, 1.807) is 76.4 Å². The van der Waals surface area contributed by atoms with Gasteiger partial charge in [-0.1, -0.05) is 90.8 Å². The number of benzene rings is 4. The molecule has 266 valence electrons. The fourth-order valence-corrected chi connectivity index (χ4v) is 6.93. The molecule has 6 rings (SSSR count). The third kappa shape index (κ3) is 7.90. The van der Waals surface area contributed by atoms with E-state index in [4.69, 9.17) is 27.9 Å². The lowest BCUT2D eigenvalue weighted by Crippen LogP contribution is -2.66. The van der Waals surface area contributed by atoms with Gasteiger partial charge >= 0.3 is 12.1 Å². The van der Waals surface area contributed by atoms with Gasteiger partial charge in [-0.15, -0.1) is 0 Å². The second kappa shape index (κ2) is 15.6. The maximum Gasteiger partial charge on any atom is 0.414 e. The Kier molecular flexibility index (Phi) is 11.0. The Morgan fingerprint density at radius 1 is 0.922 bits per heavy atom. The van der Waals surface area contributed by atoms with Crippen LogP contribution in [0.2, 0.25) is 10.0 Å². The summed E-state index contributed by atoms with van der Waals surface area (Å²) in [4.78, 5) is 58.9. The minimum Gasteiger partial charge on any atom is -0.410 e. The average Bonchev–Trinajstić information content (AvgIpc) is 3.44. The summed E-state index contributed by atoms with van der Waals surface area (Å²) in [6.07, 6.45) is -0.208. The minimum absolute atomic E-state index is 0.0594. The molecule has 0 aromatic heterocycles. The van der Waals surface area contributed by atoms with E-state index < -0.39 is 18.3 Å². The molecule has 5 amide bonds. The van der Waals surface area contributed by atoms with E-state index in [1.807, 2.05) is 49.4 Å². The number of carbonyl (C=O) groups excluding carboxylic acids is 4. The molecule has 2 heterocycles. The van der Waals surface area contributed by atoms with Crippen molar-refractivity contribution in [2.75, 3.05) is 33.7 Å². The molecule has 51 heavy (non-hydrogen) atoms. The Balaban J connectivity index is 1.29. The number of ether oxygens (including phenoxy) is 1. The van der Waals surface area contributed by atoms with Gasteiger partial charge < -0.3 is 24.8 Å². The van der Waals surface area contributed by atoms with Crippen LogP contribution in [0.3, 0.4) is 0 Å². The molecule has 0 unspecified atom stereocenters. The van der Waals surface area contributed by atoms with Crippen molar-refractivity contribution in [3.05, 3.63) is 112 Å². The highest BCUT2D eigenvalue weighted by molar-refractivity contribution is 6.42. The van der Waals surface area contributed by atoms with Gasteiger partial charge in [0, 0.05) is 40.2 Å². The third-order valence-electron chi connectivity index (χ3n) is 9.14. The molecule has 2 aliphatic heterocycles. The van der Waals surface area contributed by atoms with Gasteiger partial charge in [-0.3, -0.25) is 14.6 Å². The number of amides is 5. The molecular formula is C38H40Cl2N6O5. The second-order valence-corrected chi connectivity index (χ2v) is 13.7. The van der Waals surface area contributed by atoms with Crippen LogP contribution in [-0.4, -0.2) is 94.6 Å². The molecule has 11 nitrogen and oxygen atoms in total. The van der Waals surface area contributed by atoms with Gasteiger partial charge in [0.2, 0.25) is 11.8 Å². The van der Waals surface area contributed by atoms with Crippen LogP contribution in [0.25, 0.3) is 10.8 Å². The number of hydrogen-bond donors (Lipinski definition) is 1. The van der Waals surface area contributed by atoms with Crippen LogP contribution in [-0.2, 0) is 29.1 Å². The van der Waals surface area contributed by atoms with Crippen molar-refractivity contribution in [2.45, 2.75) is 45.1 Å². The number of hydrazine groups is 1. The van der Waals surface area contributed by atoms with Gasteiger partial charge in [-0.2, -0.15) is 5.01 Å². The Morgan fingerprint density at radius 2 is 1.65 bits per heavy atom. The van der Waals surface area contributed by atoms with E-state index in [0.29, 0.717) is 35.3 Å². The molecule has 4 aromatic carbocycles. The Labute approximate surface area is 307 Å². The third-order valence-corrected chi connectivity index (χ3v) is 9.88. The molecule has 13 heteroatoms. The molecular weight excluding hydrogens is 691 g/mol. The maximum atomic E-state index is 14.4. The zero-order valence-corrected chi connectivity index (χ0v) is 30.2. The fourth-order valence-electron chi connectivity index (χ4n) is 6.61. The van der Waals surface area contributed by atoms with Crippen molar-refractivity contribution in [3.8, 4) is 5.75 Å². The summed E-state index contributed by atoms with van der Waals surface area (Å²) in [5, 5.41) is 9.26. The van der Waals surface area contributed by atoms with E-state index >= 15 is 0 Å². The van der Waals surface area contributed by atoms with Crippen molar-refractivity contribution in [1.82, 2.24) is 30.0 Å². The molecule has 0 bridgehead atoms. The molecule has 2 aliphatic rings. The first kappa shape index (κ1) is 36.0. The molecule has 2 atom stereocenters. The topological polar surface area (TPSA) is 106 Å². The van der Waals surface area contributed by atoms with Crippen LogP contribution >= 0.6 is 23.2 Å². The number of urea groups is 1. The number of nitrogens with one attached hydrogen (secondary N) is 1. The first-order chi connectivity index (χ1) is 24.5. The molecule has 1 N–H and O–H groups in total. The van der Waals surface area contributed by atoms with Gasteiger partial charge in [-0.05, 0) is 58.1 Å². The first-order valence-corrected chi connectivity index (χ1v) is 17.6. The first-order valence-electron chi connectivity index (χ1n) is 16.8. The largest absolute Gasteiger partial charge is 0.414 e. The number of piperazine rings is 1. The van der Waals surface area contributed by atoms with Crippen LogP contribution < -0.4 is 10.1 Å². The predicted molar refractivity (Wildman–Crippen MR) is 196 cm³/mol. The van der Waals surface area contributed by atoms with Crippen LogP contribution in [0.4, 0.5) is 9.59 Å². The van der Waals surface area contributed by atoms with Gasteiger partial charge in [0.15, 0.2) is 0 Å². The zero-order chi connectivity index (χ0) is 36.2. The van der Waals surface area contributed by atoms with Crippen molar-refractivity contribution in [3.63, 3.8) is 0 Å². The quantitative estimate of drug-likeness (QED) is 0.209. The number of rotatable bonds is 10. The smallest absolute Gasteiger partial charge is 0.410 e. The second-order valence-electron chi connectivity index (χ2n) is 12.9. The van der Waals surface area contributed by atoms with Crippen LogP contribution in [0.1, 0.15) is 30.0 Å². The van der Waals surface area contributed by atoms with E-state index in [-0.39, 0.29) is 43.9 Å². The Bertz CT molecular complexity index is 1930. The number of hydrogen-bond acceptors (Lipinski definition) is 6. The van der Waals surface area contributed by atoms with Crippen LogP contribution in [0.5, 0.6) is 5.75 Å². The summed E-state index contributed by atoms with van der Waals surface area (Å²) >= 11 is 12.3. The van der Waals surface area contributed by atoms with Gasteiger partial charge in [0.1, 0.15) is 18.0 Å². The lowest BCUT2D eigenvalue weighted by atomic mass is 9.99. The van der Waals surface area contributed by atoms with Crippen molar-refractivity contribution in [1.29, 1.82) is 0 Å². The SMILES string of the molecule is CCCN(C(=O)NCc1ccc(Cl)c(Cl)c1)N1CC(=O)N2[C@@H](Cc3ccc(OC(=O)N(C)C)cc3)C(=O)N(Cc3cccc4ccccc34)C[C@@H]21. The molecule has 0 aliphatic carbocycles. The van der Waals surface area contributed by atoms with Gasteiger partial charge in [-0.25, -0.2) is 9.59 Å². The van der Waals surface area contributed by atoms with Crippen LogP contribution in [0, 0.1) is 0 Å². The maximum absolute atomic E-state index is 14.4.